The Bertz CT molecular complexity index is 1050. The van der Waals surface area contributed by atoms with Crippen LogP contribution in [-0.2, 0) is 10.0 Å². The molecule has 1 saturated heterocycles. The second-order valence-corrected chi connectivity index (χ2v) is 9.98. The molecule has 1 N–H and O–H groups in total. The van der Waals surface area contributed by atoms with Gasteiger partial charge in [0, 0.05) is 18.7 Å². The molecular formula is C22H27FN2O4S. The summed E-state index contributed by atoms with van der Waals surface area (Å²) in [4.78, 5) is 12.6. The minimum Gasteiger partial charge on any atom is -0.495 e. The summed E-state index contributed by atoms with van der Waals surface area (Å²) in [5.41, 5.74) is 0.935. The second-order valence-electron chi connectivity index (χ2n) is 8.07. The van der Waals surface area contributed by atoms with Crippen LogP contribution in [0.5, 0.6) is 5.75 Å². The predicted octanol–water partition coefficient (Wildman–Crippen LogP) is 4.06. The second kappa shape index (κ2) is 8.73. The Hall–Kier alpha value is -2.45. The molecule has 0 aliphatic carbocycles. The van der Waals surface area contributed by atoms with Crippen LogP contribution < -0.4 is 10.1 Å². The summed E-state index contributed by atoms with van der Waals surface area (Å²) in [7, 11) is -2.47. The molecule has 3 rings (SSSR count). The third kappa shape index (κ3) is 4.65. The minimum atomic E-state index is -3.86. The van der Waals surface area contributed by atoms with Crippen LogP contribution in [0.15, 0.2) is 41.3 Å². The number of benzene rings is 2. The molecule has 0 radical (unpaired) electrons. The van der Waals surface area contributed by atoms with Gasteiger partial charge in [-0.2, -0.15) is 4.31 Å². The first kappa shape index (κ1) is 22.2. The lowest BCUT2D eigenvalue weighted by molar-refractivity contribution is 0.102. The molecule has 1 heterocycles. The van der Waals surface area contributed by atoms with Crippen molar-refractivity contribution in [1.29, 1.82) is 0 Å². The van der Waals surface area contributed by atoms with Crippen LogP contribution in [-0.4, -0.2) is 38.8 Å². The molecule has 2 aromatic rings. The number of hydrogen-bond acceptors (Lipinski definition) is 4. The number of piperidine rings is 1. The highest BCUT2D eigenvalue weighted by Gasteiger charge is 2.34. The van der Waals surface area contributed by atoms with Gasteiger partial charge in [-0.3, -0.25) is 4.79 Å². The fourth-order valence-electron chi connectivity index (χ4n) is 3.89. The van der Waals surface area contributed by atoms with Gasteiger partial charge in [0.15, 0.2) is 0 Å². The number of amides is 1. The van der Waals surface area contributed by atoms with Crippen LogP contribution >= 0.6 is 0 Å². The number of ether oxygens (including phenoxy) is 1. The quantitative estimate of drug-likeness (QED) is 0.770. The van der Waals surface area contributed by atoms with E-state index in [9.17, 15) is 17.6 Å². The van der Waals surface area contributed by atoms with E-state index in [1.54, 1.807) is 13.0 Å². The average molecular weight is 435 g/mol. The Labute approximate surface area is 177 Å². The van der Waals surface area contributed by atoms with Crippen molar-refractivity contribution < 1.29 is 22.3 Å². The molecule has 0 saturated carbocycles. The number of carbonyl (C=O) groups excluding carboxylic acids is 1. The molecule has 1 fully saturated rings. The van der Waals surface area contributed by atoms with Gasteiger partial charge in [0.1, 0.15) is 16.5 Å². The summed E-state index contributed by atoms with van der Waals surface area (Å²) in [6.07, 6.45) is 0.966. The van der Waals surface area contributed by atoms with E-state index in [0.29, 0.717) is 13.1 Å². The van der Waals surface area contributed by atoms with Gasteiger partial charge >= 0.3 is 0 Å². The van der Waals surface area contributed by atoms with Crippen LogP contribution in [0, 0.1) is 24.6 Å². The normalized spacial score (nSPS) is 20.0. The first-order chi connectivity index (χ1) is 14.1. The van der Waals surface area contributed by atoms with E-state index >= 15 is 0 Å². The van der Waals surface area contributed by atoms with Crippen molar-refractivity contribution in [1.82, 2.24) is 4.31 Å². The Morgan fingerprint density at radius 2 is 1.80 bits per heavy atom. The summed E-state index contributed by atoms with van der Waals surface area (Å²) >= 11 is 0. The molecule has 6 nitrogen and oxygen atoms in total. The lowest BCUT2D eigenvalue weighted by Crippen LogP contribution is -2.42. The van der Waals surface area contributed by atoms with Crippen molar-refractivity contribution >= 4 is 21.6 Å². The number of methoxy groups -OCH3 is 1. The third-order valence-electron chi connectivity index (χ3n) is 5.25. The van der Waals surface area contributed by atoms with Crippen molar-refractivity contribution in [2.45, 2.75) is 32.1 Å². The Morgan fingerprint density at radius 1 is 1.13 bits per heavy atom. The van der Waals surface area contributed by atoms with E-state index in [1.807, 2.05) is 13.8 Å². The number of carbonyl (C=O) groups is 1. The number of nitrogens with zero attached hydrogens (tertiary/aromatic N) is 1. The summed E-state index contributed by atoms with van der Waals surface area (Å²) in [6, 6.07) is 8.59. The molecule has 2 unspecified atom stereocenters. The van der Waals surface area contributed by atoms with E-state index in [4.69, 9.17) is 4.74 Å². The molecule has 30 heavy (non-hydrogen) atoms. The van der Waals surface area contributed by atoms with E-state index in [2.05, 4.69) is 5.32 Å². The molecule has 8 heteroatoms. The summed E-state index contributed by atoms with van der Waals surface area (Å²) in [6.45, 7) is 6.67. The average Bonchev–Trinajstić information content (AvgIpc) is 2.69. The molecule has 2 aromatic carbocycles. The van der Waals surface area contributed by atoms with Crippen molar-refractivity contribution in [3.8, 4) is 5.75 Å². The zero-order valence-corrected chi connectivity index (χ0v) is 18.4. The summed E-state index contributed by atoms with van der Waals surface area (Å²) < 4.78 is 47.4. The highest BCUT2D eigenvalue weighted by Crippen LogP contribution is 2.32. The molecule has 1 aliphatic rings. The topological polar surface area (TPSA) is 75.7 Å². The smallest absolute Gasteiger partial charge is 0.255 e. The number of aryl methyl sites for hydroxylation is 1. The van der Waals surface area contributed by atoms with Gasteiger partial charge in [-0.1, -0.05) is 19.9 Å². The third-order valence-corrected chi connectivity index (χ3v) is 7.10. The van der Waals surface area contributed by atoms with Crippen molar-refractivity contribution in [3.63, 3.8) is 0 Å². The number of hydrogen-bond donors (Lipinski definition) is 1. The molecular weight excluding hydrogens is 407 g/mol. The van der Waals surface area contributed by atoms with Gasteiger partial charge in [0.2, 0.25) is 10.0 Å². The van der Waals surface area contributed by atoms with Crippen molar-refractivity contribution in [2.75, 3.05) is 25.5 Å². The van der Waals surface area contributed by atoms with Gasteiger partial charge in [-0.25, -0.2) is 12.8 Å². The van der Waals surface area contributed by atoms with Gasteiger partial charge in [-0.05, 0) is 61.1 Å². The lowest BCUT2D eigenvalue weighted by Gasteiger charge is -2.34. The molecule has 0 spiro atoms. The van der Waals surface area contributed by atoms with E-state index in [0.717, 1.165) is 12.0 Å². The SMILES string of the molecule is COc1ccc(C(=O)Nc2cc(C)ccc2F)cc1S(=O)(=O)N1CC(C)CC(C)C1. The molecule has 0 bridgehead atoms. The van der Waals surface area contributed by atoms with Crippen LogP contribution in [0.1, 0.15) is 36.2 Å². The Kier molecular flexibility index (Phi) is 6.47. The zero-order chi connectivity index (χ0) is 22.1. The van der Waals surface area contributed by atoms with Crippen LogP contribution in [0.4, 0.5) is 10.1 Å². The molecule has 2 atom stereocenters. The first-order valence-electron chi connectivity index (χ1n) is 9.87. The van der Waals surface area contributed by atoms with Crippen LogP contribution in [0.2, 0.25) is 0 Å². The number of nitrogens with one attached hydrogen (secondary N) is 1. The highest BCUT2D eigenvalue weighted by molar-refractivity contribution is 7.89. The number of anilines is 1. The Balaban J connectivity index is 1.95. The van der Waals surface area contributed by atoms with E-state index in [1.165, 1.54) is 41.7 Å². The largest absolute Gasteiger partial charge is 0.495 e. The van der Waals surface area contributed by atoms with Gasteiger partial charge in [-0.15, -0.1) is 0 Å². The summed E-state index contributed by atoms with van der Waals surface area (Å²) in [5.74, 6) is -0.514. The number of sulfonamides is 1. The van der Waals surface area contributed by atoms with E-state index in [-0.39, 0.29) is 33.7 Å². The van der Waals surface area contributed by atoms with Gasteiger partial charge in [0.05, 0.1) is 12.8 Å². The molecule has 1 amide bonds. The monoisotopic (exact) mass is 434 g/mol. The maximum atomic E-state index is 14.0. The minimum absolute atomic E-state index is 0.0407. The fourth-order valence-corrected chi connectivity index (χ4v) is 5.75. The maximum Gasteiger partial charge on any atom is 0.255 e. The van der Waals surface area contributed by atoms with Crippen LogP contribution in [0.25, 0.3) is 0 Å². The predicted molar refractivity (Wildman–Crippen MR) is 114 cm³/mol. The van der Waals surface area contributed by atoms with Crippen molar-refractivity contribution in [3.05, 3.63) is 53.3 Å². The molecule has 0 aromatic heterocycles. The lowest BCUT2D eigenvalue weighted by atomic mass is 9.94. The number of rotatable bonds is 5. The highest BCUT2D eigenvalue weighted by atomic mass is 32.2. The number of halogens is 1. The van der Waals surface area contributed by atoms with E-state index < -0.39 is 21.7 Å². The van der Waals surface area contributed by atoms with Gasteiger partial charge in [0.25, 0.3) is 5.91 Å². The maximum absolute atomic E-state index is 14.0. The van der Waals surface area contributed by atoms with Gasteiger partial charge < -0.3 is 10.1 Å². The van der Waals surface area contributed by atoms with Crippen LogP contribution in [0.3, 0.4) is 0 Å². The van der Waals surface area contributed by atoms with Crippen molar-refractivity contribution in [2.24, 2.45) is 11.8 Å². The first-order valence-corrected chi connectivity index (χ1v) is 11.3. The molecule has 1 aliphatic heterocycles. The summed E-state index contributed by atoms with van der Waals surface area (Å²) in [5, 5.41) is 2.51. The standard InChI is InChI=1S/C22H27FN2O4S/c1-14-5-7-18(23)19(10-14)24-22(26)17-6-8-20(29-4)21(11-17)30(27,28)25-12-15(2)9-16(3)13-25/h5-8,10-11,15-16H,9,12-13H2,1-4H3,(H,24,26). The molecule has 162 valence electrons. The Morgan fingerprint density at radius 3 is 2.43 bits per heavy atom. The zero-order valence-electron chi connectivity index (χ0n) is 17.6. The fraction of sp³-hybridized carbons (Fsp3) is 0.409.